The molecule has 2 saturated carbocycles. The second kappa shape index (κ2) is 6.59. The molecule has 0 bridgehead atoms. The summed E-state index contributed by atoms with van der Waals surface area (Å²) < 4.78 is 1.85. The zero-order valence-corrected chi connectivity index (χ0v) is 14.2. The van der Waals surface area contributed by atoms with Gasteiger partial charge in [0, 0.05) is 24.1 Å². The van der Waals surface area contributed by atoms with Gasteiger partial charge in [-0.1, -0.05) is 19.3 Å². The van der Waals surface area contributed by atoms with Crippen molar-refractivity contribution in [2.45, 2.75) is 75.8 Å². The molecule has 0 aromatic carbocycles. The lowest BCUT2D eigenvalue weighted by atomic mass is 9.85. The Kier molecular flexibility index (Phi) is 4.31. The van der Waals surface area contributed by atoms with E-state index in [1.54, 1.807) is 0 Å². The summed E-state index contributed by atoms with van der Waals surface area (Å²) in [6.45, 7) is 0. The van der Waals surface area contributed by atoms with E-state index >= 15 is 0 Å². The average molecular weight is 328 g/mol. The summed E-state index contributed by atoms with van der Waals surface area (Å²) in [6, 6.07) is 2.81. The molecule has 2 aromatic rings. The molecular formula is C18H28N6. The normalized spacial score (nSPS) is 25.9. The molecule has 24 heavy (non-hydrogen) atoms. The van der Waals surface area contributed by atoms with Crippen LogP contribution in [-0.4, -0.2) is 26.7 Å². The highest BCUT2D eigenvalue weighted by atomic mass is 15.3. The largest absolute Gasteiger partial charge is 0.382 e. The third kappa shape index (κ3) is 3.20. The number of rotatable bonds is 3. The van der Waals surface area contributed by atoms with Gasteiger partial charge < -0.3 is 16.8 Å². The van der Waals surface area contributed by atoms with Crippen LogP contribution in [0.15, 0.2) is 12.3 Å². The molecule has 2 aliphatic carbocycles. The minimum absolute atomic E-state index is 0.357. The smallest absolute Gasteiger partial charge is 0.177 e. The van der Waals surface area contributed by atoms with Gasteiger partial charge in [-0.15, -0.1) is 5.10 Å². The Labute approximate surface area is 143 Å². The molecule has 2 fully saturated rings. The van der Waals surface area contributed by atoms with Crippen LogP contribution in [0.4, 0.5) is 11.5 Å². The van der Waals surface area contributed by atoms with Crippen LogP contribution in [0.2, 0.25) is 0 Å². The first-order chi connectivity index (χ1) is 11.7. The van der Waals surface area contributed by atoms with Crippen LogP contribution >= 0.6 is 0 Å². The third-order valence-electron chi connectivity index (χ3n) is 5.62. The van der Waals surface area contributed by atoms with E-state index < -0.39 is 0 Å². The molecule has 130 valence electrons. The third-order valence-corrected chi connectivity index (χ3v) is 5.62. The van der Waals surface area contributed by atoms with Gasteiger partial charge in [-0.25, -0.2) is 9.50 Å². The van der Waals surface area contributed by atoms with Crippen molar-refractivity contribution in [2.75, 3.05) is 11.1 Å². The maximum atomic E-state index is 6.03. The van der Waals surface area contributed by atoms with Crippen molar-refractivity contribution in [1.29, 1.82) is 0 Å². The number of nitrogen functional groups attached to an aromatic ring is 1. The summed E-state index contributed by atoms with van der Waals surface area (Å²) in [5.41, 5.74) is 15.1. The van der Waals surface area contributed by atoms with Crippen molar-refractivity contribution in [3.63, 3.8) is 0 Å². The van der Waals surface area contributed by atoms with E-state index in [-0.39, 0.29) is 0 Å². The molecule has 2 heterocycles. The topological polar surface area (TPSA) is 94.3 Å². The SMILES string of the molecule is Nc1cc(NC2CCCCC2)c2nc([C@H]3CC[C@H](N)CC3)cn2n1. The van der Waals surface area contributed by atoms with E-state index in [4.69, 9.17) is 16.5 Å². The van der Waals surface area contributed by atoms with Crippen molar-refractivity contribution < 1.29 is 0 Å². The van der Waals surface area contributed by atoms with Crippen LogP contribution in [0.25, 0.3) is 5.65 Å². The summed E-state index contributed by atoms with van der Waals surface area (Å²) in [7, 11) is 0. The van der Waals surface area contributed by atoms with Crippen LogP contribution in [0.3, 0.4) is 0 Å². The van der Waals surface area contributed by atoms with Gasteiger partial charge in [0.15, 0.2) is 5.65 Å². The predicted octanol–water partition coefficient (Wildman–Crippen LogP) is 3.04. The summed E-state index contributed by atoms with van der Waals surface area (Å²) in [5.74, 6) is 1.03. The number of anilines is 2. The summed E-state index contributed by atoms with van der Waals surface area (Å²) in [6.07, 6.45) is 12.9. The Morgan fingerprint density at radius 2 is 1.79 bits per heavy atom. The Morgan fingerprint density at radius 1 is 1.04 bits per heavy atom. The molecule has 0 amide bonds. The number of hydrogen-bond acceptors (Lipinski definition) is 5. The maximum Gasteiger partial charge on any atom is 0.177 e. The molecule has 6 nitrogen and oxygen atoms in total. The molecule has 0 atom stereocenters. The first kappa shape index (κ1) is 15.7. The Bertz CT molecular complexity index is 695. The first-order valence-corrected chi connectivity index (χ1v) is 9.37. The molecule has 0 spiro atoms. The van der Waals surface area contributed by atoms with Crippen LogP contribution < -0.4 is 16.8 Å². The highest BCUT2D eigenvalue weighted by Gasteiger charge is 2.23. The van der Waals surface area contributed by atoms with Crippen molar-refractivity contribution in [3.05, 3.63) is 18.0 Å². The second-order valence-electron chi connectivity index (χ2n) is 7.51. The van der Waals surface area contributed by atoms with Gasteiger partial charge in [-0.2, -0.15) is 0 Å². The molecule has 0 saturated heterocycles. The standard InChI is InChI=1S/C18H28N6/c19-13-8-6-12(7-9-13)16-11-24-18(22-16)15(10-17(20)23-24)21-14-4-2-1-3-5-14/h10-14,21H,1-9,19H2,(H2,20,23)/t12-,13-. The number of fused-ring (bicyclic) bond motifs is 1. The van der Waals surface area contributed by atoms with Crippen LogP contribution in [0, 0.1) is 0 Å². The zero-order chi connectivity index (χ0) is 16.5. The summed E-state index contributed by atoms with van der Waals surface area (Å²) in [4.78, 5) is 4.91. The number of aromatic nitrogens is 3. The Morgan fingerprint density at radius 3 is 2.54 bits per heavy atom. The molecule has 0 unspecified atom stereocenters. The fourth-order valence-electron chi connectivity index (χ4n) is 4.20. The van der Waals surface area contributed by atoms with E-state index in [2.05, 4.69) is 16.6 Å². The molecule has 2 aromatic heterocycles. The van der Waals surface area contributed by atoms with E-state index in [9.17, 15) is 0 Å². The van der Waals surface area contributed by atoms with Crippen molar-refractivity contribution in [1.82, 2.24) is 14.6 Å². The summed E-state index contributed by atoms with van der Waals surface area (Å²) >= 11 is 0. The molecule has 0 radical (unpaired) electrons. The number of imidazole rings is 1. The highest BCUT2D eigenvalue weighted by Crippen LogP contribution is 2.33. The lowest BCUT2D eigenvalue weighted by Crippen LogP contribution is -2.25. The van der Waals surface area contributed by atoms with Crippen LogP contribution in [0.1, 0.15) is 69.4 Å². The lowest BCUT2D eigenvalue weighted by Gasteiger charge is -2.24. The van der Waals surface area contributed by atoms with Crippen molar-refractivity contribution >= 4 is 17.2 Å². The quantitative estimate of drug-likeness (QED) is 0.805. The van der Waals surface area contributed by atoms with Gasteiger partial charge >= 0.3 is 0 Å². The molecule has 2 aliphatic rings. The van der Waals surface area contributed by atoms with Gasteiger partial charge in [0.05, 0.1) is 17.6 Å². The molecule has 6 heteroatoms. The van der Waals surface area contributed by atoms with Crippen LogP contribution in [0.5, 0.6) is 0 Å². The number of nitrogens with zero attached hydrogens (tertiary/aromatic N) is 3. The first-order valence-electron chi connectivity index (χ1n) is 9.37. The second-order valence-corrected chi connectivity index (χ2v) is 7.51. The van der Waals surface area contributed by atoms with Gasteiger partial charge in [0.25, 0.3) is 0 Å². The number of nitrogens with two attached hydrogens (primary N) is 2. The van der Waals surface area contributed by atoms with Gasteiger partial charge in [0.1, 0.15) is 5.82 Å². The Balaban J connectivity index is 1.61. The maximum absolute atomic E-state index is 6.03. The average Bonchev–Trinajstić information content (AvgIpc) is 3.00. The fraction of sp³-hybridized carbons (Fsp3) is 0.667. The monoisotopic (exact) mass is 328 g/mol. The molecule has 5 N–H and O–H groups in total. The van der Waals surface area contributed by atoms with E-state index in [0.29, 0.717) is 23.8 Å². The van der Waals surface area contributed by atoms with E-state index in [1.807, 2.05) is 10.6 Å². The molecule has 4 rings (SSSR count). The number of hydrogen-bond donors (Lipinski definition) is 3. The molecular weight excluding hydrogens is 300 g/mol. The fourth-order valence-corrected chi connectivity index (χ4v) is 4.20. The van der Waals surface area contributed by atoms with Crippen molar-refractivity contribution in [3.8, 4) is 0 Å². The van der Waals surface area contributed by atoms with Gasteiger partial charge in [-0.05, 0) is 38.5 Å². The number of nitrogens with one attached hydrogen (secondary N) is 1. The Hall–Kier alpha value is -1.82. The molecule has 0 aliphatic heterocycles. The predicted molar refractivity (Wildman–Crippen MR) is 97.1 cm³/mol. The lowest BCUT2D eigenvalue weighted by molar-refractivity contribution is 0.391. The highest BCUT2D eigenvalue weighted by molar-refractivity contribution is 5.70. The van der Waals surface area contributed by atoms with Gasteiger partial charge in [0.2, 0.25) is 0 Å². The van der Waals surface area contributed by atoms with Crippen LogP contribution in [-0.2, 0) is 0 Å². The van der Waals surface area contributed by atoms with Crippen molar-refractivity contribution in [2.24, 2.45) is 5.73 Å². The van der Waals surface area contributed by atoms with E-state index in [1.165, 1.54) is 32.1 Å². The minimum Gasteiger partial charge on any atom is -0.382 e. The summed E-state index contributed by atoms with van der Waals surface area (Å²) in [5, 5.41) is 8.09. The van der Waals surface area contributed by atoms with Gasteiger partial charge in [-0.3, -0.25) is 0 Å². The zero-order valence-electron chi connectivity index (χ0n) is 14.2. The minimum atomic E-state index is 0.357. The van der Waals surface area contributed by atoms with E-state index in [0.717, 1.165) is 42.7 Å².